The maximum Gasteiger partial charge on any atom is 0.0461 e. The number of benzene rings is 2. The van der Waals surface area contributed by atoms with Crippen molar-refractivity contribution in [2.45, 2.75) is 37.8 Å². The molecule has 0 bridgehead atoms. The van der Waals surface area contributed by atoms with Crippen molar-refractivity contribution < 1.29 is 0 Å². The highest BCUT2D eigenvalue weighted by Gasteiger charge is 2.17. The summed E-state index contributed by atoms with van der Waals surface area (Å²) in [4.78, 5) is 0. The first kappa shape index (κ1) is 14.1. The minimum atomic E-state index is 0.406. The van der Waals surface area contributed by atoms with Crippen molar-refractivity contribution in [1.29, 1.82) is 0 Å². The summed E-state index contributed by atoms with van der Waals surface area (Å²) in [6, 6.07) is 22.1. The Morgan fingerprint density at radius 2 is 1.05 bits per heavy atom. The van der Waals surface area contributed by atoms with E-state index in [1.54, 1.807) is 0 Å². The van der Waals surface area contributed by atoms with Gasteiger partial charge in [0.15, 0.2) is 0 Å². The van der Waals surface area contributed by atoms with Gasteiger partial charge >= 0.3 is 0 Å². The van der Waals surface area contributed by atoms with Gasteiger partial charge in [0.1, 0.15) is 0 Å². The van der Waals surface area contributed by atoms with Gasteiger partial charge in [0.2, 0.25) is 0 Å². The molecule has 1 radical (unpaired) electrons. The van der Waals surface area contributed by atoms with Crippen LogP contribution >= 0.6 is 0 Å². The van der Waals surface area contributed by atoms with Crippen LogP contribution in [-0.2, 0) is 0 Å². The van der Waals surface area contributed by atoms with Gasteiger partial charge in [-0.15, -0.1) is 0 Å². The van der Waals surface area contributed by atoms with E-state index in [2.05, 4.69) is 74.5 Å². The van der Waals surface area contributed by atoms with Crippen LogP contribution < -0.4 is 0 Å². The molecule has 0 nitrogen and oxygen atoms in total. The minimum Gasteiger partial charge on any atom is -0.0651 e. The summed E-state index contributed by atoms with van der Waals surface area (Å²) in [7, 11) is 0.406. The smallest absolute Gasteiger partial charge is 0.0461 e. The molecule has 0 spiro atoms. The van der Waals surface area contributed by atoms with E-state index in [1.807, 2.05) is 0 Å². The summed E-state index contributed by atoms with van der Waals surface area (Å²) in [5.41, 5.74) is 4.56. The highest BCUT2D eigenvalue weighted by molar-refractivity contribution is 6.40. The van der Waals surface area contributed by atoms with Crippen molar-refractivity contribution in [3.8, 4) is 0 Å². The maximum atomic E-state index is 2.32. The SMILES string of the molecule is CCC([SiH]C(CC)c1ccccc1)c1ccccc1. The van der Waals surface area contributed by atoms with Gasteiger partial charge < -0.3 is 0 Å². The molecule has 0 saturated carbocycles. The molecule has 0 saturated heterocycles. The molecule has 0 fully saturated rings. The predicted molar refractivity (Wildman–Crippen MR) is 86.1 cm³/mol. The molecule has 0 aliphatic heterocycles. The molecule has 2 aromatic rings. The van der Waals surface area contributed by atoms with Crippen LogP contribution in [0, 0.1) is 0 Å². The van der Waals surface area contributed by atoms with E-state index in [0.29, 0.717) is 9.52 Å². The van der Waals surface area contributed by atoms with E-state index in [1.165, 1.54) is 24.0 Å². The average molecular weight is 267 g/mol. The first-order valence-corrected chi connectivity index (χ1v) is 8.63. The van der Waals surface area contributed by atoms with Gasteiger partial charge in [0.25, 0.3) is 0 Å². The van der Waals surface area contributed by atoms with Crippen LogP contribution in [0.15, 0.2) is 60.7 Å². The topological polar surface area (TPSA) is 0 Å². The lowest BCUT2D eigenvalue weighted by Crippen LogP contribution is -2.16. The maximum absolute atomic E-state index is 2.32. The van der Waals surface area contributed by atoms with Crippen molar-refractivity contribution in [2.24, 2.45) is 0 Å². The van der Waals surface area contributed by atoms with Gasteiger partial charge in [-0.25, -0.2) is 0 Å². The van der Waals surface area contributed by atoms with E-state index < -0.39 is 0 Å². The van der Waals surface area contributed by atoms with Crippen LogP contribution in [-0.4, -0.2) is 9.52 Å². The van der Waals surface area contributed by atoms with E-state index in [4.69, 9.17) is 0 Å². The fourth-order valence-corrected chi connectivity index (χ4v) is 4.64. The summed E-state index contributed by atoms with van der Waals surface area (Å²) in [5, 5.41) is 0. The summed E-state index contributed by atoms with van der Waals surface area (Å²) in [5.74, 6) is 0. The van der Waals surface area contributed by atoms with Crippen LogP contribution in [0.1, 0.15) is 48.9 Å². The molecule has 19 heavy (non-hydrogen) atoms. The van der Waals surface area contributed by atoms with E-state index in [0.717, 1.165) is 11.1 Å². The zero-order valence-electron chi connectivity index (χ0n) is 11.9. The molecule has 0 aromatic heterocycles. The molecular weight excluding hydrogens is 244 g/mol. The number of rotatable bonds is 6. The van der Waals surface area contributed by atoms with Crippen molar-refractivity contribution >= 4 is 9.52 Å². The third-order valence-electron chi connectivity index (χ3n) is 3.80. The second-order valence-corrected chi connectivity index (χ2v) is 7.04. The Kier molecular flexibility index (Phi) is 5.40. The number of hydrogen-bond donors (Lipinski definition) is 0. The van der Waals surface area contributed by atoms with Gasteiger partial charge in [-0.1, -0.05) is 87.4 Å². The molecular formula is C18H23Si. The largest absolute Gasteiger partial charge is 0.0651 e. The van der Waals surface area contributed by atoms with Crippen LogP contribution in [0.4, 0.5) is 0 Å². The third kappa shape index (κ3) is 3.81. The fraction of sp³-hybridized carbons (Fsp3) is 0.333. The van der Waals surface area contributed by atoms with Crippen molar-refractivity contribution in [1.82, 2.24) is 0 Å². The molecule has 2 atom stereocenters. The lowest BCUT2D eigenvalue weighted by Gasteiger charge is -2.21. The Bertz CT molecular complexity index is 418. The third-order valence-corrected chi connectivity index (χ3v) is 6.44. The lowest BCUT2D eigenvalue weighted by atomic mass is 10.1. The van der Waals surface area contributed by atoms with Crippen LogP contribution in [0.5, 0.6) is 0 Å². The molecule has 99 valence electrons. The van der Waals surface area contributed by atoms with Crippen LogP contribution in [0.3, 0.4) is 0 Å². The Hall–Kier alpha value is -1.34. The summed E-state index contributed by atoms with van der Waals surface area (Å²) < 4.78 is 0. The van der Waals surface area contributed by atoms with E-state index in [-0.39, 0.29) is 0 Å². The van der Waals surface area contributed by atoms with Gasteiger partial charge in [0, 0.05) is 9.52 Å². The van der Waals surface area contributed by atoms with Crippen molar-refractivity contribution in [2.75, 3.05) is 0 Å². The Morgan fingerprint density at radius 1 is 0.684 bits per heavy atom. The zero-order valence-corrected chi connectivity index (χ0v) is 13.1. The normalized spacial score (nSPS) is 14.0. The highest BCUT2D eigenvalue weighted by Crippen LogP contribution is 2.27. The lowest BCUT2D eigenvalue weighted by molar-refractivity contribution is 0.804. The second kappa shape index (κ2) is 7.30. The molecule has 0 aliphatic rings. The monoisotopic (exact) mass is 267 g/mol. The molecule has 2 unspecified atom stereocenters. The van der Waals surface area contributed by atoms with Crippen LogP contribution in [0.25, 0.3) is 0 Å². The fourth-order valence-electron chi connectivity index (χ4n) is 2.65. The van der Waals surface area contributed by atoms with Gasteiger partial charge in [-0.2, -0.15) is 0 Å². The first-order chi connectivity index (χ1) is 9.35. The molecule has 1 heteroatoms. The number of hydrogen-bond acceptors (Lipinski definition) is 0. The summed E-state index contributed by atoms with van der Waals surface area (Å²) >= 11 is 0. The van der Waals surface area contributed by atoms with Crippen molar-refractivity contribution in [3.05, 3.63) is 71.8 Å². The predicted octanol–water partition coefficient (Wildman–Crippen LogP) is 4.73. The Morgan fingerprint density at radius 3 is 1.37 bits per heavy atom. The summed E-state index contributed by atoms with van der Waals surface area (Å²) in [6.07, 6.45) is 2.51. The average Bonchev–Trinajstić information content (AvgIpc) is 2.50. The summed E-state index contributed by atoms with van der Waals surface area (Å²) in [6.45, 7) is 4.64. The quantitative estimate of drug-likeness (QED) is 0.664. The molecule has 0 amide bonds. The molecule has 2 rings (SSSR count). The molecule has 2 aromatic carbocycles. The first-order valence-electron chi connectivity index (χ1n) is 7.30. The Labute approximate surface area is 119 Å². The van der Waals surface area contributed by atoms with E-state index in [9.17, 15) is 0 Å². The Balaban J connectivity index is 2.13. The van der Waals surface area contributed by atoms with Gasteiger partial charge in [-0.3, -0.25) is 0 Å². The highest BCUT2D eigenvalue weighted by atomic mass is 28.2. The van der Waals surface area contributed by atoms with E-state index >= 15 is 0 Å². The molecule has 0 N–H and O–H groups in total. The van der Waals surface area contributed by atoms with Crippen LogP contribution in [0.2, 0.25) is 0 Å². The molecule has 0 heterocycles. The standard InChI is InChI=1S/C18H23Si/c1-3-17(15-11-7-5-8-12-15)19-18(4-2)16-13-9-6-10-14-16/h5-14,17-19H,3-4H2,1-2H3. The molecule has 0 aliphatic carbocycles. The van der Waals surface area contributed by atoms with Gasteiger partial charge in [0.05, 0.1) is 0 Å². The zero-order chi connectivity index (χ0) is 13.5. The minimum absolute atomic E-state index is 0.406. The second-order valence-electron chi connectivity index (χ2n) is 5.04. The van der Waals surface area contributed by atoms with Gasteiger partial charge in [-0.05, 0) is 22.2 Å². The van der Waals surface area contributed by atoms with Crippen molar-refractivity contribution in [3.63, 3.8) is 0 Å².